The molecule has 0 aliphatic heterocycles. The zero-order chi connectivity index (χ0) is 21.9. The van der Waals surface area contributed by atoms with Gasteiger partial charge < -0.3 is 19.2 Å². The van der Waals surface area contributed by atoms with Gasteiger partial charge in [0.2, 0.25) is 0 Å². The number of fused-ring (bicyclic) bond motifs is 1. The maximum atomic E-state index is 5.44. The van der Waals surface area contributed by atoms with Crippen molar-refractivity contribution in [2.24, 2.45) is 0 Å². The molecule has 0 fully saturated rings. The van der Waals surface area contributed by atoms with Gasteiger partial charge in [0.15, 0.2) is 23.7 Å². The highest BCUT2D eigenvalue weighted by atomic mass is 16.5. The molecule has 0 aliphatic carbocycles. The molecule has 8 nitrogen and oxygen atoms in total. The van der Waals surface area contributed by atoms with Gasteiger partial charge >= 0.3 is 0 Å². The molecule has 0 radical (unpaired) electrons. The van der Waals surface area contributed by atoms with E-state index in [1.165, 1.54) is 6.39 Å². The monoisotopic (exact) mass is 425 g/mol. The number of nitrogens with zero attached hydrogens (tertiary/aromatic N) is 4. The van der Waals surface area contributed by atoms with Gasteiger partial charge in [-0.05, 0) is 42.5 Å². The second-order valence-corrected chi connectivity index (χ2v) is 6.98. The lowest BCUT2D eigenvalue weighted by Crippen LogP contribution is -1.95. The average molecular weight is 425 g/mol. The number of anilines is 2. The van der Waals surface area contributed by atoms with Crippen LogP contribution in [0.2, 0.25) is 0 Å². The number of benzene rings is 2. The molecule has 2 aromatic carbocycles. The fourth-order valence-electron chi connectivity index (χ4n) is 3.47. The maximum absolute atomic E-state index is 5.44. The van der Waals surface area contributed by atoms with Crippen LogP contribution in [0.3, 0.4) is 0 Å². The Balaban J connectivity index is 1.40. The highest BCUT2D eigenvalue weighted by Crippen LogP contribution is 2.35. The Labute approximate surface area is 183 Å². The number of methoxy groups -OCH3 is 2. The summed E-state index contributed by atoms with van der Waals surface area (Å²) in [5.74, 6) is 2.70. The Morgan fingerprint density at radius 3 is 2.31 bits per heavy atom. The molecule has 0 amide bonds. The Morgan fingerprint density at radius 1 is 0.844 bits per heavy atom. The third-order valence-electron chi connectivity index (χ3n) is 5.09. The molecular formula is C24H19N5O3. The van der Waals surface area contributed by atoms with E-state index < -0.39 is 0 Å². The Hall–Kier alpha value is -4.46. The molecular weight excluding hydrogens is 406 g/mol. The van der Waals surface area contributed by atoms with Crippen LogP contribution in [-0.4, -0.2) is 34.4 Å². The Morgan fingerprint density at radius 2 is 1.62 bits per heavy atom. The minimum atomic E-state index is 0.610. The molecule has 0 unspecified atom stereocenters. The van der Waals surface area contributed by atoms with Crippen LogP contribution in [0.25, 0.3) is 33.4 Å². The van der Waals surface area contributed by atoms with Gasteiger partial charge in [0.05, 0.1) is 32.1 Å². The molecule has 8 heteroatoms. The van der Waals surface area contributed by atoms with Gasteiger partial charge in [-0.3, -0.25) is 0 Å². The van der Waals surface area contributed by atoms with Crippen molar-refractivity contribution in [1.82, 2.24) is 20.2 Å². The number of pyridine rings is 1. The first-order chi connectivity index (χ1) is 15.7. The largest absolute Gasteiger partial charge is 0.493 e. The van der Waals surface area contributed by atoms with Gasteiger partial charge in [0.25, 0.3) is 0 Å². The molecule has 158 valence electrons. The van der Waals surface area contributed by atoms with Gasteiger partial charge in [-0.25, -0.2) is 9.97 Å². The van der Waals surface area contributed by atoms with Gasteiger partial charge in [0, 0.05) is 40.0 Å². The van der Waals surface area contributed by atoms with Crippen LogP contribution >= 0.6 is 0 Å². The zero-order valence-electron chi connectivity index (χ0n) is 17.4. The molecule has 1 N–H and O–H groups in total. The van der Waals surface area contributed by atoms with Crippen LogP contribution < -0.4 is 14.8 Å². The highest BCUT2D eigenvalue weighted by molar-refractivity contribution is 5.95. The predicted molar refractivity (Wildman–Crippen MR) is 121 cm³/mol. The number of hydrogen-bond donors (Lipinski definition) is 1. The van der Waals surface area contributed by atoms with Crippen LogP contribution in [0.4, 0.5) is 11.5 Å². The predicted octanol–water partition coefficient (Wildman–Crippen LogP) is 5.11. The van der Waals surface area contributed by atoms with Crippen LogP contribution in [0.15, 0.2) is 77.9 Å². The SMILES string of the molecule is COc1cc2nncc(-c3ccc(Nc4ccc(-c5cnco5)cc4)nc3)c2cc1OC. The molecule has 5 aromatic rings. The first-order valence-corrected chi connectivity index (χ1v) is 9.85. The fourth-order valence-corrected chi connectivity index (χ4v) is 3.47. The molecule has 0 aliphatic rings. The molecule has 3 heterocycles. The summed E-state index contributed by atoms with van der Waals surface area (Å²) in [6, 6.07) is 15.5. The summed E-state index contributed by atoms with van der Waals surface area (Å²) in [6.07, 6.45) is 6.63. The normalized spacial score (nSPS) is 10.8. The summed E-state index contributed by atoms with van der Waals surface area (Å²) in [5, 5.41) is 12.6. The summed E-state index contributed by atoms with van der Waals surface area (Å²) < 4.78 is 16.1. The molecule has 0 saturated heterocycles. The molecule has 0 bridgehead atoms. The lowest BCUT2D eigenvalue weighted by Gasteiger charge is -2.11. The van der Waals surface area contributed by atoms with E-state index in [4.69, 9.17) is 13.9 Å². The van der Waals surface area contributed by atoms with E-state index in [9.17, 15) is 0 Å². The number of oxazole rings is 1. The molecule has 5 rings (SSSR count). The van der Waals surface area contributed by atoms with Gasteiger partial charge in [0.1, 0.15) is 5.82 Å². The smallest absolute Gasteiger partial charge is 0.181 e. The number of hydrogen-bond acceptors (Lipinski definition) is 8. The van der Waals surface area contributed by atoms with Gasteiger partial charge in [-0.1, -0.05) is 0 Å². The molecule has 32 heavy (non-hydrogen) atoms. The summed E-state index contributed by atoms with van der Waals surface area (Å²) in [5.41, 5.74) is 4.42. The summed E-state index contributed by atoms with van der Waals surface area (Å²) in [6.45, 7) is 0. The standard InChI is InChI=1S/C24H19N5O3/c1-30-21-9-18-19(12-27-29-20(18)10-22(21)31-2)16-5-8-24(26-11-16)28-17-6-3-15(4-7-17)23-13-25-14-32-23/h3-14H,1-2H3,(H,26,28). The van der Waals surface area contributed by atoms with Crippen molar-refractivity contribution >= 4 is 22.4 Å². The van der Waals surface area contributed by atoms with E-state index >= 15 is 0 Å². The highest BCUT2D eigenvalue weighted by Gasteiger charge is 2.12. The second kappa shape index (κ2) is 8.35. The number of aromatic nitrogens is 4. The van der Waals surface area contributed by atoms with Crippen molar-refractivity contribution in [2.75, 3.05) is 19.5 Å². The first-order valence-electron chi connectivity index (χ1n) is 9.85. The van der Waals surface area contributed by atoms with Crippen molar-refractivity contribution in [3.63, 3.8) is 0 Å². The third-order valence-corrected chi connectivity index (χ3v) is 5.09. The van der Waals surface area contributed by atoms with Crippen molar-refractivity contribution < 1.29 is 13.9 Å². The van der Waals surface area contributed by atoms with Crippen molar-refractivity contribution in [3.8, 4) is 33.9 Å². The lowest BCUT2D eigenvalue weighted by atomic mass is 10.0. The number of rotatable bonds is 6. The minimum Gasteiger partial charge on any atom is -0.493 e. The van der Waals surface area contributed by atoms with E-state index in [0.29, 0.717) is 17.0 Å². The molecule has 0 spiro atoms. The zero-order valence-corrected chi connectivity index (χ0v) is 17.4. The average Bonchev–Trinajstić information content (AvgIpc) is 3.39. The van der Waals surface area contributed by atoms with Crippen LogP contribution in [0, 0.1) is 0 Å². The second-order valence-electron chi connectivity index (χ2n) is 6.98. The van der Waals surface area contributed by atoms with Crippen LogP contribution in [0.5, 0.6) is 11.5 Å². The Bertz CT molecular complexity index is 1350. The minimum absolute atomic E-state index is 0.610. The van der Waals surface area contributed by atoms with Gasteiger partial charge in [-0.15, -0.1) is 0 Å². The Kier molecular flexibility index (Phi) is 5.09. The number of ether oxygens (including phenoxy) is 2. The first kappa shape index (κ1) is 19.5. The van der Waals surface area contributed by atoms with E-state index in [0.717, 1.165) is 39.3 Å². The summed E-state index contributed by atoms with van der Waals surface area (Å²) in [4.78, 5) is 8.51. The van der Waals surface area contributed by atoms with Crippen LogP contribution in [0.1, 0.15) is 0 Å². The maximum Gasteiger partial charge on any atom is 0.181 e. The third kappa shape index (κ3) is 3.69. The van der Waals surface area contributed by atoms with Crippen molar-refractivity contribution in [2.45, 2.75) is 0 Å². The van der Waals surface area contributed by atoms with E-state index in [2.05, 4.69) is 25.5 Å². The van der Waals surface area contributed by atoms with Crippen molar-refractivity contribution in [3.05, 3.63) is 73.5 Å². The van der Waals surface area contributed by atoms with E-state index in [-0.39, 0.29) is 0 Å². The fraction of sp³-hybridized carbons (Fsp3) is 0.0833. The topological polar surface area (TPSA) is 95.2 Å². The van der Waals surface area contributed by atoms with Gasteiger partial charge in [-0.2, -0.15) is 10.2 Å². The van der Waals surface area contributed by atoms with Crippen molar-refractivity contribution in [1.29, 1.82) is 0 Å². The summed E-state index contributed by atoms with van der Waals surface area (Å²) in [7, 11) is 3.20. The lowest BCUT2D eigenvalue weighted by molar-refractivity contribution is 0.356. The molecule has 3 aromatic heterocycles. The quantitative estimate of drug-likeness (QED) is 0.401. The molecule has 0 saturated carbocycles. The van der Waals surface area contributed by atoms with Crippen LogP contribution in [-0.2, 0) is 0 Å². The molecule has 0 atom stereocenters. The number of nitrogens with one attached hydrogen (secondary N) is 1. The summed E-state index contributed by atoms with van der Waals surface area (Å²) >= 11 is 0. The van der Waals surface area contributed by atoms with E-state index in [1.807, 2.05) is 48.5 Å². The van der Waals surface area contributed by atoms with E-state index in [1.54, 1.807) is 32.8 Å².